The predicted molar refractivity (Wildman–Crippen MR) is 78.3 cm³/mol. The van der Waals surface area contributed by atoms with E-state index in [4.69, 9.17) is 10.5 Å². The second kappa shape index (κ2) is 6.87. The van der Waals surface area contributed by atoms with Crippen molar-refractivity contribution in [1.29, 1.82) is 0 Å². The van der Waals surface area contributed by atoms with Gasteiger partial charge in [0.25, 0.3) is 0 Å². The Labute approximate surface area is 116 Å². The van der Waals surface area contributed by atoms with E-state index in [1.807, 2.05) is 6.20 Å². The molecule has 1 unspecified atom stereocenters. The number of aromatic nitrogens is 1. The lowest BCUT2D eigenvalue weighted by atomic mass is 9.97. The predicted octanol–water partition coefficient (Wildman–Crippen LogP) is 2.35. The van der Waals surface area contributed by atoms with Crippen molar-refractivity contribution in [2.45, 2.75) is 32.2 Å². The van der Waals surface area contributed by atoms with Gasteiger partial charge in [-0.15, -0.1) is 0 Å². The maximum Gasteiger partial charge on any atom is 0.0572 e. The standard InChI is InChI=1S/C15H25N3O/c1-3-14(16)15-5-4-13(10-17-15)18-8-6-12(7-9-18)11-19-2/h4-5,10,12,14H,3,6-9,11,16H2,1-2H3. The van der Waals surface area contributed by atoms with Crippen LogP contribution >= 0.6 is 0 Å². The number of hydrogen-bond acceptors (Lipinski definition) is 4. The highest BCUT2D eigenvalue weighted by atomic mass is 16.5. The van der Waals surface area contributed by atoms with Gasteiger partial charge in [-0.3, -0.25) is 4.98 Å². The van der Waals surface area contributed by atoms with Crippen molar-refractivity contribution in [2.24, 2.45) is 11.7 Å². The van der Waals surface area contributed by atoms with Crippen LogP contribution in [0.1, 0.15) is 37.9 Å². The smallest absolute Gasteiger partial charge is 0.0572 e. The highest BCUT2D eigenvalue weighted by Gasteiger charge is 2.19. The third-order valence-corrected chi connectivity index (χ3v) is 3.97. The van der Waals surface area contributed by atoms with E-state index in [1.54, 1.807) is 7.11 Å². The van der Waals surface area contributed by atoms with Crippen molar-refractivity contribution < 1.29 is 4.74 Å². The van der Waals surface area contributed by atoms with Crippen molar-refractivity contribution in [2.75, 3.05) is 31.7 Å². The molecule has 0 aromatic carbocycles. The number of rotatable bonds is 5. The molecule has 0 amide bonds. The van der Waals surface area contributed by atoms with Crippen molar-refractivity contribution >= 4 is 5.69 Å². The van der Waals surface area contributed by atoms with Gasteiger partial charge < -0.3 is 15.4 Å². The molecule has 1 fully saturated rings. The molecule has 0 radical (unpaired) electrons. The van der Waals surface area contributed by atoms with Gasteiger partial charge in [0.1, 0.15) is 0 Å². The maximum absolute atomic E-state index is 5.98. The Hall–Kier alpha value is -1.13. The number of nitrogens with zero attached hydrogens (tertiary/aromatic N) is 2. The highest BCUT2D eigenvalue weighted by molar-refractivity contribution is 5.45. The van der Waals surface area contributed by atoms with Crippen LogP contribution in [0, 0.1) is 5.92 Å². The quantitative estimate of drug-likeness (QED) is 0.886. The zero-order valence-corrected chi connectivity index (χ0v) is 12.0. The van der Waals surface area contributed by atoms with Crippen LogP contribution in [0.25, 0.3) is 0 Å². The van der Waals surface area contributed by atoms with Gasteiger partial charge in [0.2, 0.25) is 0 Å². The van der Waals surface area contributed by atoms with E-state index < -0.39 is 0 Å². The topological polar surface area (TPSA) is 51.4 Å². The van der Waals surface area contributed by atoms with E-state index in [-0.39, 0.29) is 6.04 Å². The molecule has 2 rings (SSSR count). The molecule has 1 aromatic rings. The average Bonchev–Trinajstić information content (AvgIpc) is 2.48. The second-order valence-corrected chi connectivity index (χ2v) is 5.34. The summed E-state index contributed by atoms with van der Waals surface area (Å²) < 4.78 is 5.23. The number of ether oxygens (including phenoxy) is 1. The fraction of sp³-hybridized carbons (Fsp3) is 0.667. The first kappa shape index (κ1) is 14.3. The Kier molecular flexibility index (Phi) is 5.16. The largest absolute Gasteiger partial charge is 0.384 e. The van der Waals surface area contributed by atoms with Gasteiger partial charge >= 0.3 is 0 Å². The van der Waals surface area contributed by atoms with Crippen LogP contribution in [0.5, 0.6) is 0 Å². The first-order valence-electron chi connectivity index (χ1n) is 7.20. The summed E-state index contributed by atoms with van der Waals surface area (Å²) in [6.45, 7) is 5.15. The van der Waals surface area contributed by atoms with Crippen LogP contribution in [-0.4, -0.2) is 31.8 Å². The summed E-state index contributed by atoms with van der Waals surface area (Å²) in [5.41, 5.74) is 8.18. The van der Waals surface area contributed by atoms with Gasteiger partial charge in [0, 0.05) is 32.8 Å². The lowest BCUT2D eigenvalue weighted by Crippen LogP contribution is -2.35. The Bertz CT molecular complexity index is 371. The Morgan fingerprint density at radius 1 is 1.42 bits per heavy atom. The average molecular weight is 263 g/mol. The first-order chi connectivity index (χ1) is 9.24. The van der Waals surface area contributed by atoms with Crippen LogP contribution in [0.4, 0.5) is 5.69 Å². The van der Waals surface area contributed by atoms with Crippen LogP contribution in [0.2, 0.25) is 0 Å². The van der Waals surface area contributed by atoms with Crippen molar-refractivity contribution in [3.05, 3.63) is 24.0 Å². The molecule has 2 heterocycles. The summed E-state index contributed by atoms with van der Waals surface area (Å²) >= 11 is 0. The molecule has 1 aliphatic rings. The lowest BCUT2D eigenvalue weighted by Gasteiger charge is -2.33. The minimum absolute atomic E-state index is 0.0569. The molecule has 0 aliphatic carbocycles. The number of pyridine rings is 1. The Balaban J connectivity index is 1.92. The fourth-order valence-electron chi connectivity index (χ4n) is 2.61. The van der Waals surface area contributed by atoms with E-state index >= 15 is 0 Å². The highest BCUT2D eigenvalue weighted by Crippen LogP contribution is 2.23. The summed E-state index contributed by atoms with van der Waals surface area (Å²) in [5, 5.41) is 0. The van der Waals surface area contributed by atoms with Crippen molar-refractivity contribution in [3.63, 3.8) is 0 Å². The summed E-state index contributed by atoms with van der Waals surface area (Å²) in [6, 6.07) is 4.26. The molecular weight excluding hydrogens is 238 g/mol. The molecule has 1 aliphatic heterocycles. The Morgan fingerprint density at radius 2 is 2.16 bits per heavy atom. The number of nitrogens with two attached hydrogens (primary N) is 1. The van der Waals surface area contributed by atoms with Gasteiger partial charge in [0.15, 0.2) is 0 Å². The third kappa shape index (κ3) is 3.67. The minimum atomic E-state index is 0.0569. The van der Waals surface area contributed by atoms with Gasteiger partial charge in [-0.1, -0.05) is 6.92 Å². The van der Waals surface area contributed by atoms with Gasteiger partial charge in [0.05, 0.1) is 17.6 Å². The van der Waals surface area contributed by atoms with E-state index in [0.29, 0.717) is 5.92 Å². The molecule has 2 N–H and O–H groups in total. The molecule has 106 valence electrons. The summed E-state index contributed by atoms with van der Waals surface area (Å²) in [7, 11) is 1.78. The second-order valence-electron chi connectivity index (χ2n) is 5.34. The van der Waals surface area contributed by atoms with Gasteiger partial charge in [-0.25, -0.2) is 0 Å². The molecule has 1 saturated heterocycles. The molecule has 1 aromatic heterocycles. The third-order valence-electron chi connectivity index (χ3n) is 3.97. The zero-order chi connectivity index (χ0) is 13.7. The zero-order valence-electron chi connectivity index (χ0n) is 12.0. The Morgan fingerprint density at radius 3 is 2.68 bits per heavy atom. The summed E-state index contributed by atoms with van der Waals surface area (Å²) in [4.78, 5) is 6.89. The van der Waals surface area contributed by atoms with Gasteiger partial charge in [-0.2, -0.15) is 0 Å². The van der Waals surface area contributed by atoms with E-state index in [1.165, 1.54) is 18.5 Å². The summed E-state index contributed by atoms with van der Waals surface area (Å²) in [6.07, 6.45) is 5.28. The number of methoxy groups -OCH3 is 1. The number of anilines is 1. The fourth-order valence-corrected chi connectivity index (χ4v) is 2.61. The van der Waals surface area contributed by atoms with E-state index in [0.717, 1.165) is 31.8 Å². The maximum atomic E-state index is 5.98. The van der Waals surface area contributed by atoms with E-state index in [9.17, 15) is 0 Å². The monoisotopic (exact) mass is 263 g/mol. The van der Waals surface area contributed by atoms with E-state index in [2.05, 4.69) is 28.9 Å². The molecule has 0 saturated carbocycles. The van der Waals surface area contributed by atoms with Crippen molar-refractivity contribution in [3.8, 4) is 0 Å². The molecule has 1 atom stereocenters. The van der Waals surface area contributed by atoms with Crippen LogP contribution in [-0.2, 0) is 4.74 Å². The first-order valence-corrected chi connectivity index (χ1v) is 7.20. The molecule has 4 heteroatoms. The number of piperidine rings is 1. The molecule has 0 spiro atoms. The van der Waals surface area contributed by atoms with Crippen LogP contribution in [0.3, 0.4) is 0 Å². The number of hydrogen-bond donors (Lipinski definition) is 1. The van der Waals surface area contributed by atoms with Gasteiger partial charge in [-0.05, 0) is 37.3 Å². The normalized spacial score (nSPS) is 18.6. The molecule has 0 bridgehead atoms. The lowest BCUT2D eigenvalue weighted by molar-refractivity contribution is 0.139. The van der Waals surface area contributed by atoms with Crippen LogP contribution in [0.15, 0.2) is 18.3 Å². The molecular formula is C15H25N3O. The van der Waals surface area contributed by atoms with Crippen LogP contribution < -0.4 is 10.6 Å². The molecule has 19 heavy (non-hydrogen) atoms. The summed E-state index contributed by atoms with van der Waals surface area (Å²) in [5.74, 6) is 0.710. The molecule has 4 nitrogen and oxygen atoms in total. The van der Waals surface area contributed by atoms with Crippen molar-refractivity contribution in [1.82, 2.24) is 4.98 Å². The SMILES string of the molecule is CCC(N)c1ccc(N2CCC(COC)CC2)cn1. The minimum Gasteiger partial charge on any atom is -0.384 e.